The van der Waals surface area contributed by atoms with E-state index in [0.29, 0.717) is 0 Å². The lowest BCUT2D eigenvalue weighted by Crippen LogP contribution is -2.30. The molecule has 7 aromatic carbocycles. The molecule has 0 spiro atoms. The van der Waals surface area contributed by atoms with Gasteiger partial charge in [-0.05, 0) is 77.4 Å². The standard InChI is InChI=1S/C47H35N3/c1-47(2)39-23-10-13-26-43(39)49(44-27-14-11-24-40(44)47)34-20-15-21-35(30-34)50-41-25-12-9-22-36(41)37-28-29-42-38(46(37)50)31-45(32-16-5-3-6-17-32)48(42)33-18-7-4-8-19-33/h3-31H,1-2H3. The molecule has 9 aromatic rings. The Morgan fingerprint density at radius 3 is 1.72 bits per heavy atom. The van der Waals surface area contributed by atoms with Crippen molar-refractivity contribution in [2.75, 3.05) is 4.90 Å². The summed E-state index contributed by atoms with van der Waals surface area (Å²) in [6, 6.07) is 64.1. The van der Waals surface area contributed by atoms with E-state index >= 15 is 0 Å². The maximum Gasteiger partial charge on any atom is 0.0635 e. The molecule has 1 aliphatic rings. The molecule has 0 radical (unpaired) electrons. The van der Waals surface area contributed by atoms with Crippen LogP contribution in [0.15, 0.2) is 176 Å². The topological polar surface area (TPSA) is 13.1 Å². The van der Waals surface area contributed by atoms with Crippen LogP contribution in [0.3, 0.4) is 0 Å². The van der Waals surface area contributed by atoms with Gasteiger partial charge in [0.1, 0.15) is 0 Å². The van der Waals surface area contributed by atoms with Crippen LogP contribution in [0.4, 0.5) is 17.1 Å². The van der Waals surface area contributed by atoms with Crippen LogP contribution in [0.25, 0.3) is 55.3 Å². The summed E-state index contributed by atoms with van der Waals surface area (Å²) in [7, 11) is 0. The predicted octanol–water partition coefficient (Wildman–Crippen LogP) is 12.5. The molecule has 238 valence electrons. The van der Waals surface area contributed by atoms with Crippen molar-refractivity contribution >= 4 is 49.8 Å². The van der Waals surface area contributed by atoms with Crippen molar-refractivity contribution < 1.29 is 0 Å². The van der Waals surface area contributed by atoms with Crippen LogP contribution in [0.2, 0.25) is 0 Å². The molecular weight excluding hydrogens is 607 g/mol. The van der Waals surface area contributed by atoms with Crippen LogP contribution in [0, 0.1) is 0 Å². The minimum atomic E-state index is -0.109. The van der Waals surface area contributed by atoms with Crippen molar-refractivity contribution in [2.45, 2.75) is 19.3 Å². The lowest BCUT2D eigenvalue weighted by molar-refractivity contribution is 0.632. The third-order valence-electron chi connectivity index (χ3n) is 10.7. The number of para-hydroxylation sites is 4. The van der Waals surface area contributed by atoms with E-state index in [1.807, 2.05) is 0 Å². The summed E-state index contributed by atoms with van der Waals surface area (Å²) in [5.74, 6) is 0. The molecule has 0 fully saturated rings. The van der Waals surface area contributed by atoms with E-state index in [2.05, 4.69) is 204 Å². The van der Waals surface area contributed by atoms with Crippen LogP contribution < -0.4 is 4.90 Å². The smallest absolute Gasteiger partial charge is 0.0635 e. The monoisotopic (exact) mass is 641 g/mol. The Balaban J connectivity index is 1.27. The predicted molar refractivity (Wildman–Crippen MR) is 210 cm³/mol. The quantitative estimate of drug-likeness (QED) is 0.186. The number of rotatable bonds is 4. The van der Waals surface area contributed by atoms with E-state index in [4.69, 9.17) is 0 Å². The molecular formula is C47H35N3. The first-order chi connectivity index (χ1) is 24.6. The van der Waals surface area contributed by atoms with Crippen LogP contribution in [0.1, 0.15) is 25.0 Å². The molecule has 3 heterocycles. The van der Waals surface area contributed by atoms with E-state index in [-0.39, 0.29) is 5.41 Å². The Bertz CT molecular complexity index is 2680. The summed E-state index contributed by atoms with van der Waals surface area (Å²) in [5.41, 5.74) is 14.4. The number of hydrogen-bond acceptors (Lipinski definition) is 1. The van der Waals surface area contributed by atoms with Crippen molar-refractivity contribution in [3.8, 4) is 22.6 Å². The van der Waals surface area contributed by atoms with Crippen molar-refractivity contribution in [1.82, 2.24) is 9.13 Å². The molecule has 0 bridgehead atoms. The number of nitrogens with zero attached hydrogens (tertiary/aromatic N) is 3. The minimum Gasteiger partial charge on any atom is -0.310 e. The lowest BCUT2D eigenvalue weighted by Gasteiger charge is -2.42. The normalized spacial score (nSPS) is 13.5. The summed E-state index contributed by atoms with van der Waals surface area (Å²) >= 11 is 0. The van der Waals surface area contributed by atoms with Gasteiger partial charge in [0, 0.05) is 38.6 Å². The average molecular weight is 642 g/mol. The van der Waals surface area contributed by atoms with Gasteiger partial charge in [-0.2, -0.15) is 0 Å². The Hall–Kier alpha value is -6.32. The van der Waals surface area contributed by atoms with Gasteiger partial charge in [-0.3, -0.25) is 0 Å². The highest BCUT2D eigenvalue weighted by Gasteiger charge is 2.36. The van der Waals surface area contributed by atoms with Gasteiger partial charge in [0.25, 0.3) is 0 Å². The molecule has 50 heavy (non-hydrogen) atoms. The number of anilines is 3. The highest BCUT2D eigenvalue weighted by atomic mass is 15.2. The van der Waals surface area contributed by atoms with Crippen LogP contribution in [-0.2, 0) is 5.41 Å². The van der Waals surface area contributed by atoms with E-state index < -0.39 is 0 Å². The van der Waals surface area contributed by atoms with Crippen molar-refractivity contribution in [1.29, 1.82) is 0 Å². The first-order valence-corrected chi connectivity index (χ1v) is 17.4. The fourth-order valence-electron chi connectivity index (χ4n) is 8.40. The van der Waals surface area contributed by atoms with E-state index in [1.54, 1.807) is 0 Å². The molecule has 3 nitrogen and oxygen atoms in total. The lowest BCUT2D eigenvalue weighted by atomic mass is 9.73. The molecule has 3 heteroatoms. The SMILES string of the molecule is CC1(C)c2ccccc2N(c2cccc(-n3c4ccccc4c4ccc5c(cc(-c6ccccc6)n5-c5ccccc5)c43)c2)c2ccccc21. The maximum atomic E-state index is 2.48. The first-order valence-electron chi connectivity index (χ1n) is 17.4. The molecule has 0 saturated carbocycles. The second kappa shape index (κ2) is 10.8. The van der Waals surface area contributed by atoms with Gasteiger partial charge < -0.3 is 14.0 Å². The first kappa shape index (κ1) is 28.7. The van der Waals surface area contributed by atoms with E-state index in [0.717, 1.165) is 17.1 Å². The Kier molecular flexibility index (Phi) is 6.22. The summed E-state index contributed by atoms with van der Waals surface area (Å²) in [4.78, 5) is 2.45. The Labute approximate surface area is 291 Å². The molecule has 0 aliphatic carbocycles. The van der Waals surface area contributed by atoms with E-state index in [1.165, 1.54) is 66.5 Å². The molecule has 10 rings (SSSR count). The van der Waals surface area contributed by atoms with Gasteiger partial charge in [-0.1, -0.05) is 129 Å². The molecule has 0 N–H and O–H groups in total. The van der Waals surface area contributed by atoms with Crippen molar-refractivity contribution in [3.05, 3.63) is 187 Å². The summed E-state index contributed by atoms with van der Waals surface area (Å²) in [6.45, 7) is 4.68. The van der Waals surface area contributed by atoms with Gasteiger partial charge in [0.05, 0.1) is 33.6 Å². The molecule has 2 aromatic heterocycles. The Morgan fingerprint density at radius 2 is 0.980 bits per heavy atom. The fourth-order valence-corrected chi connectivity index (χ4v) is 8.40. The van der Waals surface area contributed by atoms with Gasteiger partial charge in [0.2, 0.25) is 0 Å². The second-order valence-corrected chi connectivity index (χ2v) is 13.8. The third kappa shape index (κ3) is 4.10. The minimum absolute atomic E-state index is 0.109. The molecule has 0 atom stereocenters. The van der Waals surface area contributed by atoms with Gasteiger partial charge in [0.15, 0.2) is 0 Å². The van der Waals surface area contributed by atoms with Crippen LogP contribution in [0.5, 0.6) is 0 Å². The highest BCUT2D eigenvalue weighted by Crippen LogP contribution is 2.52. The molecule has 0 unspecified atom stereocenters. The summed E-state index contributed by atoms with van der Waals surface area (Å²) in [6.07, 6.45) is 0. The van der Waals surface area contributed by atoms with Gasteiger partial charge in [-0.15, -0.1) is 0 Å². The number of hydrogen-bond donors (Lipinski definition) is 0. The largest absolute Gasteiger partial charge is 0.310 e. The Morgan fingerprint density at radius 1 is 0.400 bits per heavy atom. The van der Waals surface area contributed by atoms with Gasteiger partial charge in [-0.25, -0.2) is 0 Å². The molecule has 0 amide bonds. The average Bonchev–Trinajstić information content (AvgIpc) is 3.73. The van der Waals surface area contributed by atoms with E-state index in [9.17, 15) is 0 Å². The van der Waals surface area contributed by atoms with Crippen LogP contribution >= 0.6 is 0 Å². The zero-order chi connectivity index (χ0) is 33.4. The van der Waals surface area contributed by atoms with Gasteiger partial charge >= 0.3 is 0 Å². The summed E-state index contributed by atoms with van der Waals surface area (Å²) < 4.78 is 4.89. The fraction of sp³-hybridized carbons (Fsp3) is 0.0638. The number of aromatic nitrogens is 2. The van der Waals surface area contributed by atoms with Crippen molar-refractivity contribution in [3.63, 3.8) is 0 Å². The second-order valence-electron chi connectivity index (χ2n) is 13.8. The zero-order valence-electron chi connectivity index (χ0n) is 28.1. The summed E-state index contributed by atoms with van der Waals surface area (Å²) in [5, 5.41) is 3.72. The maximum absolute atomic E-state index is 2.48. The number of benzene rings is 7. The zero-order valence-corrected chi connectivity index (χ0v) is 28.1. The highest BCUT2D eigenvalue weighted by molar-refractivity contribution is 6.19. The number of fused-ring (bicyclic) bond motifs is 7. The molecule has 1 aliphatic heterocycles. The third-order valence-corrected chi connectivity index (χ3v) is 10.7. The molecule has 0 saturated heterocycles. The van der Waals surface area contributed by atoms with Crippen molar-refractivity contribution in [2.24, 2.45) is 0 Å². The van der Waals surface area contributed by atoms with Crippen LogP contribution in [-0.4, -0.2) is 9.13 Å².